The van der Waals surface area contributed by atoms with Gasteiger partial charge in [-0.2, -0.15) is 0 Å². The minimum Gasteiger partial charge on any atom is -0.369 e. The number of hydrogen-bond acceptors (Lipinski definition) is 7. The predicted molar refractivity (Wildman–Crippen MR) is 148 cm³/mol. The quantitative estimate of drug-likeness (QED) is 0.144. The first kappa shape index (κ1) is 24.8. The Bertz CT molecular complexity index is 1780. The number of carbonyl (C=O) groups is 2. The summed E-state index contributed by atoms with van der Waals surface area (Å²) in [5.74, 6) is -0.153. The second-order valence-electron chi connectivity index (χ2n) is 9.57. The van der Waals surface area contributed by atoms with Crippen molar-refractivity contribution in [1.82, 2.24) is 19.3 Å². The molecule has 0 bridgehead atoms. The van der Waals surface area contributed by atoms with Gasteiger partial charge in [-0.3, -0.25) is 24.1 Å². The summed E-state index contributed by atoms with van der Waals surface area (Å²) in [6.07, 6.45) is 1.12. The molecule has 0 atom stereocenters. The molecule has 2 amide bonds. The van der Waals surface area contributed by atoms with E-state index in [9.17, 15) is 19.7 Å². The summed E-state index contributed by atoms with van der Waals surface area (Å²) < 4.78 is 2.00. The van der Waals surface area contributed by atoms with Gasteiger partial charge in [0.1, 0.15) is 5.65 Å². The largest absolute Gasteiger partial charge is 0.369 e. The molecule has 1 saturated heterocycles. The van der Waals surface area contributed by atoms with E-state index in [1.54, 1.807) is 29.2 Å². The number of primary amides is 1. The molecule has 1 aliphatic heterocycles. The Kier molecular flexibility index (Phi) is 6.35. The van der Waals surface area contributed by atoms with Crippen LogP contribution in [0, 0.1) is 16.0 Å². The average Bonchev–Trinajstić information content (AvgIpc) is 3.35. The molecule has 1 fully saturated rings. The van der Waals surface area contributed by atoms with Crippen molar-refractivity contribution in [2.24, 2.45) is 11.7 Å². The molecule has 2 aromatic heterocycles. The summed E-state index contributed by atoms with van der Waals surface area (Å²) >= 11 is 1.45. The van der Waals surface area contributed by atoms with Crippen molar-refractivity contribution < 1.29 is 14.5 Å². The van der Waals surface area contributed by atoms with Gasteiger partial charge in [-0.1, -0.05) is 36.0 Å². The molecular weight excluding hydrogens is 516 g/mol. The molecule has 2 N–H and O–H groups in total. The van der Waals surface area contributed by atoms with Crippen molar-refractivity contribution in [3.63, 3.8) is 0 Å². The Hall–Kier alpha value is -4.51. The molecule has 6 rings (SSSR count). The van der Waals surface area contributed by atoms with E-state index in [0.717, 1.165) is 27.6 Å². The Morgan fingerprint density at radius 3 is 2.56 bits per heavy atom. The van der Waals surface area contributed by atoms with Gasteiger partial charge >= 0.3 is 0 Å². The maximum Gasteiger partial charge on any atom is 0.269 e. The van der Waals surface area contributed by atoms with Crippen molar-refractivity contribution in [2.45, 2.75) is 23.8 Å². The number of nitrogens with zero attached hydrogens (tertiary/aromatic N) is 5. The van der Waals surface area contributed by atoms with Crippen LogP contribution in [-0.2, 0) is 10.5 Å². The molecule has 0 saturated carbocycles. The van der Waals surface area contributed by atoms with Crippen LogP contribution in [0.5, 0.6) is 0 Å². The number of benzene rings is 3. The van der Waals surface area contributed by atoms with Crippen molar-refractivity contribution >= 4 is 56.8 Å². The van der Waals surface area contributed by atoms with Crippen LogP contribution < -0.4 is 5.73 Å². The van der Waals surface area contributed by atoms with E-state index in [-0.39, 0.29) is 23.4 Å². The third-order valence-corrected chi connectivity index (χ3v) is 8.14. The van der Waals surface area contributed by atoms with Gasteiger partial charge in [-0.05, 0) is 48.7 Å². The summed E-state index contributed by atoms with van der Waals surface area (Å²) in [4.78, 5) is 47.2. The van der Waals surface area contributed by atoms with E-state index in [2.05, 4.69) is 0 Å². The van der Waals surface area contributed by atoms with E-state index >= 15 is 0 Å². The van der Waals surface area contributed by atoms with Gasteiger partial charge in [-0.15, -0.1) is 0 Å². The van der Waals surface area contributed by atoms with Gasteiger partial charge < -0.3 is 10.6 Å². The van der Waals surface area contributed by atoms with Gasteiger partial charge in [-0.25, -0.2) is 9.97 Å². The fraction of sp³-hybridized carbons (Fsp3) is 0.214. The minimum atomic E-state index is -0.404. The molecule has 11 heteroatoms. The van der Waals surface area contributed by atoms with E-state index in [1.165, 1.54) is 17.8 Å². The number of nitrogens with two attached hydrogens (primary N) is 1. The Balaban J connectivity index is 1.39. The molecule has 5 aromatic rings. The summed E-state index contributed by atoms with van der Waals surface area (Å²) in [7, 11) is 0. The maximum atomic E-state index is 13.3. The van der Waals surface area contributed by atoms with Crippen molar-refractivity contribution in [2.75, 3.05) is 13.1 Å². The van der Waals surface area contributed by atoms with Crippen molar-refractivity contribution in [3.8, 4) is 0 Å². The smallest absolute Gasteiger partial charge is 0.269 e. The van der Waals surface area contributed by atoms with E-state index in [0.29, 0.717) is 47.9 Å². The molecule has 0 unspecified atom stereocenters. The number of fused-ring (bicyclic) bond motifs is 5. The molecule has 1 aliphatic rings. The van der Waals surface area contributed by atoms with Crippen molar-refractivity contribution in [3.05, 3.63) is 88.0 Å². The molecule has 39 heavy (non-hydrogen) atoms. The molecule has 0 aliphatic carbocycles. The number of nitro groups is 1. The second-order valence-corrected chi connectivity index (χ2v) is 10.5. The maximum absolute atomic E-state index is 13.3. The lowest BCUT2D eigenvalue weighted by molar-refractivity contribution is -0.384. The monoisotopic (exact) mass is 540 g/mol. The van der Waals surface area contributed by atoms with Crippen LogP contribution in [-0.4, -0.2) is 49.1 Å². The third kappa shape index (κ3) is 4.65. The zero-order valence-corrected chi connectivity index (χ0v) is 21.6. The van der Waals surface area contributed by atoms with Crippen molar-refractivity contribution in [1.29, 1.82) is 0 Å². The lowest BCUT2D eigenvalue weighted by Crippen LogP contribution is -2.41. The first-order chi connectivity index (χ1) is 18.9. The Morgan fingerprint density at radius 2 is 1.79 bits per heavy atom. The normalized spacial score (nSPS) is 14.3. The minimum absolute atomic E-state index is 0.0424. The van der Waals surface area contributed by atoms with Crippen LogP contribution in [0.3, 0.4) is 0 Å². The summed E-state index contributed by atoms with van der Waals surface area (Å²) in [5.41, 5.74) is 9.89. The zero-order chi connectivity index (χ0) is 27.1. The Labute approximate surface area is 227 Å². The fourth-order valence-corrected chi connectivity index (χ4v) is 6.01. The van der Waals surface area contributed by atoms with Gasteiger partial charge in [0.05, 0.1) is 21.5 Å². The summed E-state index contributed by atoms with van der Waals surface area (Å²) in [6, 6.07) is 19.8. The SMILES string of the molecule is NC(=O)C1CCN(C(=O)c2ccc3c(c2)nc(SCc2cccc([N+](=O)[O-])c2)n2c4ccccc4nc32)CC1. The van der Waals surface area contributed by atoms with Gasteiger partial charge in [0, 0.05) is 47.8 Å². The fourth-order valence-electron chi connectivity index (χ4n) is 5.05. The third-order valence-electron chi connectivity index (χ3n) is 7.13. The molecule has 196 valence electrons. The lowest BCUT2D eigenvalue weighted by Gasteiger charge is -2.30. The number of rotatable bonds is 6. The van der Waals surface area contributed by atoms with Crippen LogP contribution in [0.4, 0.5) is 5.69 Å². The number of hydrogen-bond donors (Lipinski definition) is 1. The predicted octanol–water partition coefficient (Wildman–Crippen LogP) is 4.57. The number of non-ortho nitro benzene ring substituents is 1. The van der Waals surface area contributed by atoms with Crippen LogP contribution in [0.1, 0.15) is 28.8 Å². The van der Waals surface area contributed by atoms with E-state index < -0.39 is 4.92 Å². The highest BCUT2D eigenvalue weighted by atomic mass is 32.2. The molecular formula is C28H24N6O4S. The highest BCUT2D eigenvalue weighted by Gasteiger charge is 2.27. The first-order valence-corrected chi connectivity index (χ1v) is 13.5. The van der Waals surface area contributed by atoms with Crippen LogP contribution in [0.15, 0.2) is 71.9 Å². The van der Waals surface area contributed by atoms with Gasteiger partial charge in [0.25, 0.3) is 11.6 Å². The zero-order valence-electron chi connectivity index (χ0n) is 20.8. The summed E-state index contributed by atoms with van der Waals surface area (Å²) in [5, 5.41) is 12.7. The topological polar surface area (TPSA) is 137 Å². The highest BCUT2D eigenvalue weighted by molar-refractivity contribution is 7.98. The first-order valence-electron chi connectivity index (χ1n) is 12.5. The van der Waals surface area contributed by atoms with Crippen LogP contribution >= 0.6 is 11.8 Å². The standard InChI is InChI=1S/C28H24N6O4S/c29-25(35)18-10-12-32(13-11-18)27(36)19-8-9-21-23(15-19)31-28(33-24-7-2-1-6-22(24)30-26(21)33)39-16-17-4-3-5-20(14-17)34(37)38/h1-9,14-15,18H,10-13,16H2,(H2,29,35). The van der Waals surface area contributed by atoms with Gasteiger partial charge in [0.15, 0.2) is 5.16 Å². The molecule has 10 nitrogen and oxygen atoms in total. The number of likely N-dealkylation sites (tertiary alicyclic amines) is 1. The average molecular weight is 541 g/mol. The number of thioether (sulfide) groups is 1. The number of nitro benzene ring substituents is 1. The highest BCUT2D eigenvalue weighted by Crippen LogP contribution is 2.32. The number of piperidine rings is 1. The molecule has 0 spiro atoms. The number of para-hydroxylation sites is 2. The Morgan fingerprint density at radius 1 is 1.00 bits per heavy atom. The van der Waals surface area contributed by atoms with Gasteiger partial charge in [0.2, 0.25) is 5.91 Å². The van der Waals surface area contributed by atoms with Crippen LogP contribution in [0.25, 0.3) is 27.6 Å². The number of carbonyl (C=O) groups excluding carboxylic acids is 2. The second kappa shape index (κ2) is 9.99. The summed E-state index contributed by atoms with van der Waals surface area (Å²) in [6.45, 7) is 0.958. The van der Waals surface area contributed by atoms with Crippen LogP contribution in [0.2, 0.25) is 0 Å². The molecule has 3 heterocycles. The van der Waals surface area contributed by atoms with E-state index in [4.69, 9.17) is 15.7 Å². The lowest BCUT2D eigenvalue weighted by atomic mass is 9.96. The molecule has 0 radical (unpaired) electrons. The number of amides is 2. The van der Waals surface area contributed by atoms with E-state index in [1.807, 2.05) is 40.8 Å². The number of imidazole rings is 1. The number of aromatic nitrogens is 3. The molecule has 3 aromatic carbocycles.